The lowest BCUT2D eigenvalue weighted by Gasteiger charge is -2.06. The smallest absolute Gasteiger partial charge is 0.255 e. The molecular formula is C18H18N2O. The van der Waals surface area contributed by atoms with E-state index in [0.717, 1.165) is 17.7 Å². The largest absolute Gasteiger partial charge is 0.322 e. The lowest BCUT2D eigenvalue weighted by molar-refractivity contribution is 0.102. The molecule has 0 unspecified atom stereocenters. The Bertz CT molecular complexity index is 661. The molecule has 0 heterocycles. The first-order chi connectivity index (χ1) is 10.2. The first-order valence-corrected chi connectivity index (χ1v) is 6.92. The summed E-state index contributed by atoms with van der Waals surface area (Å²) in [6.45, 7) is 2.43. The number of anilines is 1. The second kappa shape index (κ2) is 7.28. The Balaban J connectivity index is 2.04. The first-order valence-electron chi connectivity index (χ1n) is 6.92. The molecule has 0 saturated heterocycles. The van der Waals surface area contributed by atoms with Crippen molar-refractivity contribution >= 4 is 11.6 Å². The summed E-state index contributed by atoms with van der Waals surface area (Å²) in [5.74, 6) is 5.62. The fourth-order valence-corrected chi connectivity index (χ4v) is 1.89. The Labute approximate surface area is 125 Å². The van der Waals surface area contributed by atoms with E-state index in [1.807, 2.05) is 48.5 Å². The number of benzene rings is 2. The molecule has 3 nitrogen and oxygen atoms in total. The Kier molecular flexibility index (Phi) is 5.14. The van der Waals surface area contributed by atoms with Gasteiger partial charge in [-0.25, -0.2) is 0 Å². The van der Waals surface area contributed by atoms with Gasteiger partial charge in [0.05, 0.1) is 6.54 Å². The van der Waals surface area contributed by atoms with Crippen LogP contribution >= 0.6 is 0 Å². The summed E-state index contributed by atoms with van der Waals surface area (Å²) in [7, 11) is 0. The molecule has 2 aromatic rings. The molecule has 0 aliphatic carbocycles. The Morgan fingerprint density at radius 3 is 2.33 bits per heavy atom. The van der Waals surface area contributed by atoms with Gasteiger partial charge in [-0.1, -0.05) is 30.9 Å². The predicted octanol–water partition coefficient (Wildman–Crippen LogP) is 2.81. The minimum Gasteiger partial charge on any atom is -0.322 e. The van der Waals surface area contributed by atoms with E-state index in [4.69, 9.17) is 5.73 Å². The average Bonchev–Trinajstić information content (AvgIpc) is 2.54. The Hall–Kier alpha value is -2.57. The van der Waals surface area contributed by atoms with Crippen LogP contribution < -0.4 is 11.1 Å². The van der Waals surface area contributed by atoms with Crippen LogP contribution in [0.25, 0.3) is 0 Å². The molecule has 0 atom stereocenters. The molecule has 106 valence electrons. The second-order valence-corrected chi connectivity index (χ2v) is 4.59. The second-order valence-electron chi connectivity index (χ2n) is 4.59. The van der Waals surface area contributed by atoms with Gasteiger partial charge in [0.25, 0.3) is 5.91 Å². The molecule has 3 N–H and O–H groups in total. The van der Waals surface area contributed by atoms with Crippen molar-refractivity contribution in [3.05, 3.63) is 65.2 Å². The SMILES string of the molecule is CCc1ccc(C(=O)Nc2ccc(C#CCN)cc2)cc1. The van der Waals surface area contributed by atoms with Crippen LogP contribution in [0.15, 0.2) is 48.5 Å². The lowest BCUT2D eigenvalue weighted by atomic mass is 10.1. The molecule has 0 saturated carbocycles. The Morgan fingerprint density at radius 1 is 1.10 bits per heavy atom. The number of aryl methyl sites for hydroxylation is 1. The predicted molar refractivity (Wildman–Crippen MR) is 86.1 cm³/mol. The number of hydrogen-bond acceptors (Lipinski definition) is 2. The zero-order valence-corrected chi connectivity index (χ0v) is 12.0. The summed E-state index contributed by atoms with van der Waals surface area (Å²) in [5, 5.41) is 2.87. The van der Waals surface area contributed by atoms with E-state index in [1.165, 1.54) is 5.56 Å². The van der Waals surface area contributed by atoms with Gasteiger partial charge in [-0.2, -0.15) is 0 Å². The van der Waals surface area contributed by atoms with Crippen LogP contribution in [0.5, 0.6) is 0 Å². The van der Waals surface area contributed by atoms with Crippen molar-refractivity contribution < 1.29 is 4.79 Å². The number of rotatable bonds is 3. The number of hydrogen-bond donors (Lipinski definition) is 2. The third-order valence-electron chi connectivity index (χ3n) is 3.10. The van der Waals surface area contributed by atoms with E-state index < -0.39 is 0 Å². The summed E-state index contributed by atoms with van der Waals surface area (Å²) in [5.41, 5.74) is 8.82. The van der Waals surface area contributed by atoms with E-state index in [-0.39, 0.29) is 5.91 Å². The van der Waals surface area contributed by atoms with Crippen molar-refractivity contribution in [3.8, 4) is 11.8 Å². The molecule has 2 rings (SSSR count). The molecule has 21 heavy (non-hydrogen) atoms. The Morgan fingerprint density at radius 2 is 1.76 bits per heavy atom. The van der Waals surface area contributed by atoms with E-state index in [2.05, 4.69) is 24.1 Å². The quantitative estimate of drug-likeness (QED) is 0.848. The fraction of sp³-hybridized carbons (Fsp3) is 0.167. The van der Waals surface area contributed by atoms with Crippen LogP contribution in [0, 0.1) is 11.8 Å². The van der Waals surface area contributed by atoms with Gasteiger partial charge < -0.3 is 11.1 Å². The highest BCUT2D eigenvalue weighted by Gasteiger charge is 2.05. The van der Waals surface area contributed by atoms with Crippen LogP contribution in [0.1, 0.15) is 28.4 Å². The molecule has 2 aromatic carbocycles. The molecule has 1 amide bonds. The van der Waals surface area contributed by atoms with Crippen molar-refractivity contribution in [3.63, 3.8) is 0 Å². The zero-order chi connectivity index (χ0) is 15.1. The summed E-state index contributed by atoms with van der Waals surface area (Å²) in [6, 6.07) is 15.0. The summed E-state index contributed by atoms with van der Waals surface area (Å²) in [6.07, 6.45) is 0.965. The number of carbonyl (C=O) groups excluding carboxylic acids is 1. The molecule has 0 aliphatic heterocycles. The van der Waals surface area contributed by atoms with Crippen LogP contribution in [-0.2, 0) is 6.42 Å². The van der Waals surface area contributed by atoms with Gasteiger partial charge in [0, 0.05) is 16.8 Å². The lowest BCUT2D eigenvalue weighted by Crippen LogP contribution is -2.11. The number of nitrogens with one attached hydrogen (secondary N) is 1. The molecular weight excluding hydrogens is 260 g/mol. The highest BCUT2D eigenvalue weighted by Crippen LogP contribution is 2.12. The van der Waals surface area contributed by atoms with Crippen molar-refractivity contribution in [2.75, 3.05) is 11.9 Å². The van der Waals surface area contributed by atoms with Crippen molar-refractivity contribution in [2.45, 2.75) is 13.3 Å². The number of carbonyl (C=O) groups is 1. The number of nitrogens with two attached hydrogens (primary N) is 1. The molecule has 0 aromatic heterocycles. The maximum absolute atomic E-state index is 12.1. The molecule has 3 heteroatoms. The summed E-state index contributed by atoms with van der Waals surface area (Å²) >= 11 is 0. The molecule has 0 radical (unpaired) electrons. The van der Waals surface area contributed by atoms with Crippen molar-refractivity contribution in [1.29, 1.82) is 0 Å². The molecule has 0 spiro atoms. The normalized spacial score (nSPS) is 9.62. The average molecular weight is 278 g/mol. The van der Waals surface area contributed by atoms with Crippen molar-refractivity contribution in [1.82, 2.24) is 0 Å². The van der Waals surface area contributed by atoms with Gasteiger partial charge >= 0.3 is 0 Å². The van der Waals surface area contributed by atoms with Gasteiger partial charge in [0.15, 0.2) is 0 Å². The first kappa shape index (κ1) is 14.8. The molecule has 0 bridgehead atoms. The molecule has 0 fully saturated rings. The van der Waals surface area contributed by atoms with Crippen LogP contribution in [0.4, 0.5) is 5.69 Å². The van der Waals surface area contributed by atoms with Crippen LogP contribution in [-0.4, -0.2) is 12.5 Å². The van der Waals surface area contributed by atoms with E-state index in [9.17, 15) is 4.79 Å². The summed E-state index contributed by atoms with van der Waals surface area (Å²) in [4.78, 5) is 12.1. The van der Waals surface area contributed by atoms with E-state index >= 15 is 0 Å². The minimum absolute atomic E-state index is 0.113. The van der Waals surface area contributed by atoms with Crippen LogP contribution in [0.2, 0.25) is 0 Å². The topological polar surface area (TPSA) is 55.1 Å². The van der Waals surface area contributed by atoms with Crippen molar-refractivity contribution in [2.24, 2.45) is 5.73 Å². The van der Waals surface area contributed by atoms with Gasteiger partial charge in [-0.05, 0) is 48.4 Å². The van der Waals surface area contributed by atoms with E-state index in [0.29, 0.717) is 12.1 Å². The third-order valence-corrected chi connectivity index (χ3v) is 3.10. The fourth-order valence-electron chi connectivity index (χ4n) is 1.89. The monoisotopic (exact) mass is 278 g/mol. The van der Waals surface area contributed by atoms with Crippen LogP contribution in [0.3, 0.4) is 0 Å². The summed E-state index contributed by atoms with van der Waals surface area (Å²) < 4.78 is 0. The van der Waals surface area contributed by atoms with Gasteiger partial charge in [-0.15, -0.1) is 0 Å². The molecule has 0 aliphatic rings. The highest BCUT2D eigenvalue weighted by molar-refractivity contribution is 6.04. The van der Waals surface area contributed by atoms with Gasteiger partial charge in [0.2, 0.25) is 0 Å². The third kappa shape index (κ3) is 4.20. The van der Waals surface area contributed by atoms with Gasteiger partial charge in [-0.3, -0.25) is 4.79 Å². The number of amides is 1. The highest BCUT2D eigenvalue weighted by atomic mass is 16.1. The van der Waals surface area contributed by atoms with Gasteiger partial charge in [0.1, 0.15) is 0 Å². The standard InChI is InChI=1S/C18H18N2O/c1-2-14-5-9-16(10-6-14)18(21)20-17-11-7-15(8-12-17)4-3-13-19/h5-12H,2,13,19H2,1H3,(H,20,21). The zero-order valence-electron chi connectivity index (χ0n) is 12.0. The van der Waals surface area contributed by atoms with E-state index in [1.54, 1.807) is 0 Å². The maximum atomic E-state index is 12.1. The maximum Gasteiger partial charge on any atom is 0.255 e. The minimum atomic E-state index is -0.113.